The summed E-state index contributed by atoms with van der Waals surface area (Å²) in [5, 5.41) is 2.24. The van der Waals surface area contributed by atoms with E-state index >= 15 is 0 Å². The molecule has 0 radical (unpaired) electrons. The second-order valence-electron chi connectivity index (χ2n) is 4.79. The molecule has 1 aromatic rings. The molecule has 1 fully saturated rings. The number of hydrogen-bond acceptors (Lipinski definition) is 3. The van der Waals surface area contributed by atoms with E-state index in [-0.39, 0.29) is 30.4 Å². The molecule has 4 nitrogen and oxygen atoms in total. The number of piperidine rings is 1. The number of halogens is 2. The van der Waals surface area contributed by atoms with Gasteiger partial charge in [-0.3, -0.25) is 14.9 Å². The number of carbonyl (C=O) groups excluding carboxylic acids is 2. The number of ether oxygens (including phenoxy) is 1. The molecule has 0 saturated carbocycles. The maximum absolute atomic E-state index is 12.0. The van der Waals surface area contributed by atoms with E-state index in [2.05, 4.69) is 10.1 Å². The molecule has 0 spiro atoms. The Morgan fingerprint density at radius 2 is 1.68 bits per heavy atom. The van der Waals surface area contributed by atoms with E-state index in [4.69, 9.17) is 0 Å². The molecular weight excluding hydrogens is 256 g/mol. The predicted molar refractivity (Wildman–Crippen MR) is 62.8 cm³/mol. The van der Waals surface area contributed by atoms with Crippen molar-refractivity contribution < 1.29 is 23.1 Å². The Labute approximate surface area is 108 Å². The predicted octanol–water partition coefficient (Wildman–Crippen LogP) is 1.98. The van der Waals surface area contributed by atoms with Crippen LogP contribution in [0.15, 0.2) is 24.3 Å². The van der Waals surface area contributed by atoms with Crippen LogP contribution in [0.25, 0.3) is 0 Å². The van der Waals surface area contributed by atoms with Crippen LogP contribution in [-0.2, 0) is 15.0 Å². The van der Waals surface area contributed by atoms with Crippen molar-refractivity contribution in [1.29, 1.82) is 0 Å². The largest absolute Gasteiger partial charge is 0.435 e. The molecule has 0 bridgehead atoms. The Hall–Kier alpha value is -1.98. The van der Waals surface area contributed by atoms with Gasteiger partial charge in [-0.2, -0.15) is 8.78 Å². The minimum Gasteiger partial charge on any atom is -0.435 e. The smallest absolute Gasteiger partial charge is 0.387 e. The number of hydrogen-bond donors (Lipinski definition) is 1. The Kier molecular flexibility index (Phi) is 3.50. The highest BCUT2D eigenvalue weighted by Gasteiger charge is 2.36. The Morgan fingerprint density at radius 1 is 1.16 bits per heavy atom. The highest BCUT2D eigenvalue weighted by molar-refractivity contribution is 5.99. The van der Waals surface area contributed by atoms with Gasteiger partial charge in [0.25, 0.3) is 0 Å². The molecule has 6 heteroatoms. The van der Waals surface area contributed by atoms with Crippen molar-refractivity contribution in [2.24, 2.45) is 0 Å². The molecule has 0 atom stereocenters. The lowest BCUT2D eigenvalue weighted by Crippen LogP contribution is -2.45. The van der Waals surface area contributed by atoms with E-state index < -0.39 is 12.0 Å². The van der Waals surface area contributed by atoms with E-state index in [1.807, 2.05) is 0 Å². The molecular formula is C13H13F2NO3. The molecule has 0 unspecified atom stereocenters. The number of imide groups is 1. The molecule has 2 amide bonds. The van der Waals surface area contributed by atoms with Crippen molar-refractivity contribution in [2.45, 2.75) is 31.8 Å². The van der Waals surface area contributed by atoms with Crippen LogP contribution in [0.5, 0.6) is 5.75 Å². The molecule has 1 aliphatic heterocycles. The Balaban J connectivity index is 2.21. The molecule has 2 rings (SSSR count). The first-order valence-corrected chi connectivity index (χ1v) is 5.77. The second kappa shape index (κ2) is 4.95. The summed E-state index contributed by atoms with van der Waals surface area (Å²) < 4.78 is 28.3. The zero-order chi connectivity index (χ0) is 14.0. The van der Waals surface area contributed by atoms with Crippen LogP contribution >= 0.6 is 0 Å². The van der Waals surface area contributed by atoms with Crippen molar-refractivity contribution in [3.05, 3.63) is 29.8 Å². The number of amides is 2. The highest BCUT2D eigenvalue weighted by atomic mass is 19.3. The zero-order valence-electron chi connectivity index (χ0n) is 10.3. The van der Waals surface area contributed by atoms with Crippen LogP contribution in [0.1, 0.15) is 25.3 Å². The molecule has 1 aliphatic rings. The quantitative estimate of drug-likeness (QED) is 0.854. The van der Waals surface area contributed by atoms with Gasteiger partial charge in [0.2, 0.25) is 11.8 Å². The van der Waals surface area contributed by atoms with Crippen molar-refractivity contribution in [2.75, 3.05) is 0 Å². The minimum absolute atomic E-state index is 0.0499. The Bertz CT molecular complexity index is 483. The summed E-state index contributed by atoms with van der Waals surface area (Å²) in [5.74, 6) is -0.604. The van der Waals surface area contributed by atoms with Crippen molar-refractivity contribution in [3.63, 3.8) is 0 Å². The topological polar surface area (TPSA) is 55.4 Å². The summed E-state index contributed by atoms with van der Waals surface area (Å²) in [7, 11) is 0. The third kappa shape index (κ3) is 3.07. The van der Waals surface area contributed by atoms with Crippen LogP contribution in [-0.4, -0.2) is 18.4 Å². The summed E-state index contributed by atoms with van der Waals surface area (Å²) in [6.07, 6.45) is 0.377. The van der Waals surface area contributed by atoms with Gasteiger partial charge >= 0.3 is 6.61 Å². The first-order chi connectivity index (χ1) is 8.89. The van der Waals surface area contributed by atoms with E-state index in [0.29, 0.717) is 0 Å². The molecule has 1 saturated heterocycles. The van der Waals surface area contributed by atoms with E-state index in [0.717, 1.165) is 5.56 Å². The van der Waals surface area contributed by atoms with Gasteiger partial charge in [0, 0.05) is 18.3 Å². The SMILES string of the molecule is CC1(c2ccc(OC(F)F)cc2)CC(=O)NC(=O)C1. The van der Waals surface area contributed by atoms with Gasteiger partial charge in [0.15, 0.2) is 0 Å². The lowest BCUT2D eigenvalue weighted by Gasteiger charge is -2.32. The van der Waals surface area contributed by atoms with Gasteiger partial charge in [-0.05, 0) is 17.7 Å². The van der Waals surface area contributed by atoms with Crippen LogP contribution in [0.3, 0.4) is 0 Å². The third-order valence-corrected chi connectivity index (χ3v) is 3.16. The standard InChI is InChI=1S/C13H13F2NO3/c1-13(6-10(17)16-11(18)7-13)8-2-4-9(5-3-8)19-12(14)15/h2-5,12H,6-7H2,1H3,(H,16,17,18). The zero-order valence-corrected chi connectivity index (χ0v) is 10.3. The first kappa shape index (κ1) is 13.5. The van der Waals surface area contributed by atoms with Crippen LogP contribution in [0, 0.1) is 0 Å². The molecule has 19 heavy (non-hydrogen) atoms. The van der Waals surface area contributed by atoms with Gasteiger partial charge in [-0.1, -0.05) is 19.1 Å². The Morgan fingerprint density at radius 3 is 2.16 bits per heavy atom. The first-order valence-electron chi connectivity index (χ1n) is 5.77. The fraction of sp³-hybridized carbons (Fsp3) is 0.385. The second-order valence-corrected chi connectivity index (χ2v) is 4.79. The number of alkyl halides is 2. The minimum atomic E-state index is -2.87. The van der Waals surface area contributed by atoms with Crippen LogP contribution in [0.2, 0.25) is 0 Å². The van der Waals surface area contributed by atoms with Crippen molar-refractivity contribution >= 4 is 11.8 Å². The normalized spacial score (nSPS) is 18.3. The summed E-state index contributed by atoms with van der Waals surface area (Å²) in [6, 6.07) is 6.01. The molecule has 1 N–H and O–H groups in total. The molecule has 1 heterocycles. The summed E-state index contributed by atoms with van der Waals surface area (Å²) in [6.45, 7) is -1.07. The fourth-order valence-electron chi connectivity index (χ4n) is 2.26. The molecule has 0 aliphatic carbocycles. The van der Waals surface area contributed by atoms with Crippen molar-refractivity contribution in [1.82, 2.24) is 5.32 Å². The summed E-state index contributed by atoms with van der Waals surface area (Å²) >= 11 is 0. The fourth-order valence-corrected chi connectivity index (χ4v) is 2.26. The maximum Gasteiger partial charge on any atom is 0.387 e. The van der Waals surface area contributed by atoms with E-state index in [1.54, 1.807) is 19.1 Å². The van der Waals surface area contributed by atoms with Crippen molar-refractivity contribution in [3.8, 4) is 5.75 Å². The summed E-state index contributed by atoms with van der Waals surface area (Å²) in [5.41, 5.74) is 0.139. The van der Waals surface area contributed by atoms with E-state index in [1.165, 1.54) is 12.1 Å². The monoisotopic (exact) mass is 269 g/mol. The lowest BCUT2D eigenvalue weighted by molar-refractivity contribution is -0.135. The van der Waals surface area contributed by atoms with Crippen LogP contribution in [0.4, 0.5) is 8.78 Å². The van der Waals surface area contributed by atoms with Gasteiger partial charge in [-0.15, -0.1) is 0 Å². The molecule has 102 valence electrons. The highest BCUT2D eigenvalue weighted by Crippen LogP contribution is 2.34. The number of benzene rings is 1. The number of nitrogens with one attached hydrogen (secondary N) is 1. The van der Waals surface area contributed by atoms with Gasteiger partial charge < -0.3 is 4.74 Å². The average molecular weight is 269 g/mol. The maximum atomic E-state index is 12.0. The lowest BCUT2D eigenvalue weighted by atomic mass is 9.74. The average Bonchev–Trinajstić information content (AvgIpc) is 2.26. The third-order valence-electron chi connectivity index (χ3n) is 3.16. The molecule has 1 aromatic carbocycles. The van der Waals surface area contributed by atoms with E-state index in [9.17, 15) is 18.4 Å². The van der Waals surface area contributed by atoms with Gasteiger partial charge in [0.1, 0.15) is 5.75 Å². The number of rotatable bonds is 3. The summed E-state index contributed by atoms with van der Waals surface area (Å²) in [4.78, 5) is 22.8. The number of carbonyl (C=O) groups is 2. The molecule has 0 aromatic heterocycles. The van der Waals surface area contributed by atoms with Crippen LogP contribution < -0.4 is 10.1 Å². The van der Waals surface area contributed by atoms with Gasteiger partial charge in [0.05, 0.1) is 0 Å². The van der Waals surface area contributed by atoms with Gasteiger partial charge in [-0.25, -0.2) is 0 Å².